The first-order chi connectivity index (χ1) is 4.54. The number of hydrogen-bond acceptors (Lipinski definition) is 1. The number of hydrogen-bond donors (Lipinski definition) is 2. The summed E-state index contributed by atoms with van der Waals surface area (Å²) in [5.74, 6) is 0.478. The van der Waals surface area contributed by atoms with E-state index in [-0.39, 0.29) is 11.6 Å². The van der Waals surface area contributed by atoms with Gasteiger partial charge in [0.1, 0.15) is 0 Å². The second-order valence-electron chi connectivity index (χ2n) is 3.38. The average Bonchev–Trinajstić information content (AvgIpc) is 2.13. The molecular formula is C7H14N2O. The summed E-state index contributed by atoms with van der Waals surface area (Å²) >= 11 is 0. The van der Waals surface area contributed by atoms with Gasteiger partial charge in [-0.1, -0.05) is 13.8 Å². The Morgan fingerprint density at radius 1 is 1.60 bits per heavy atom. The van der Waals surface area contributed by atoms with E-state index in [2.05, 4.69) is 31.4 Å². The molecule has 1 aliphatic heterocycles. The van der Waals surface area contributed by atoms with Crippen LogP contribution in [0.2, 0.25) is 0 Å². The van der Waals surface area contributed by atoms with Gasteiger partial charge in [-0.05, 0) is 12.8 Å². The summed E-state index contributed by atoms with van der Waals surface area (Å²) in [5, 5.41) is 5.62. The van der Waals surface area contributed by atoms with E-state index in [1.165, 1.54) is 0 Å². The molecule has 1 aliphatic rings. The molecule has 0 radical (unpaired) electrons. The number of urea groups is 1. The van der Waals surface area contributed by atoms with E-state index in [1.807, 2.05) is 0 Å². The maximum absolute atomic E-state index is 10.7. The minimum atomic E-state index is -0.0452. The Labute approximate surface area is 61.2 Å². The predicted octanol–water partition coefficient (Wildman–Crippen LogP) is 0.714. The zero-order valence-corrected chi connectivity index (χ0v) is 6.69. The fraction of sp³-hybridized carbons (Fsp3) is 0.857. The van der Waals surface area contributed by atoms with E-state index in [0.29, 0.717) is 5.92 Å². The maximum atomic E-state index is 10.7. The molecule has 2 amide bonds. The number of carbonyl (C=O) groups excluding carboxylic acids is 1. The molecule has 0 aromatic heterocycles. The first-order valence-corrected chi connectivity index (χ1v) is 3.60. The van der Waals surface area contributed by atoms with Gasteiger partial charge in [0.25, 0.3) is 0 Å². The second-order valence-corrected chi connectivity index (χ2v) is 3.38. The normalized spacial score (nSPS) is 32.2. The van der Waals surface area contributed by atoms with Crippen molar-refractivity contribution in [3.8, 4) is 0 Å². The van der Waals surface area contributed by atoms with Crippen molar-refractivity contribution >= 4 is 6.03 Å². The molecule has 1 heterocycles. The Hall–Kier alpha value is -0.730. The Morgan fingerprint density at radius 2 is 2.20 bits per heavy atom. The van der Waals surface area contributed by atoms with Crippen molar-refractivity contribution in [2.75, 3.05) is 6.54 Å². The molecule has 3 nitrogen and oxygen atoms in total. The molecule has 0 spiro atoms. The highest BCUT2D eigenvalue weighted by Gasteiger charge is 2.35. The van der Waals surface area contributed by atoms with Gasteiger partial charge in [-0.2, -0.15) is 0 Å². The number of carbonyl (C=O) groups is 1. The minimum Gasteiger partial charge on any atom is -0.336 e. The van der Waals surface area contributed by atoms with Crippen molar-refractivity contribution in [2.45, 2.75) is 26.3 Å². The van der Waals surface area contributed by atoms with E-state index in [1.54, 1.807) is 0 Å². The van der Waals surface area contributed by atoms with Gasteiger partial charge >= 0.3 is 6.03 Å². The average molecular weight is 142 g/mol. The first kappa shape index (κ1) is 7.38. The summed E-state index contributed by atoms with van der Waals surface area (Å²) in [4.78, 5) is 10.7. The number of nitrogens with one attached hydrogen (secondary N) is 2. The van der Waals surface area contributed by atoms with Gasteiger partial charge in [0.2, 0.25) is 0 Å². The summed E-state index contributed by atoms with van der Waals surface area (Å²) in [7, 11) is 0. The van der Waals surface area contributed by atoms with Crippen molar-refractivity contribution < 1.29 is 4.79 Å². The maximum Gasteiger partial charge on any atom is 0.315 e. The third-order valence-electron chi connectivity index (χ3n) is 2.29. The number of amides is 2. The zero-order chi connectivity index (χ0) is 7.78. The third kappa shape index (κ3) is 1.08. The van der Waals surface area contributed by atoms with Crippen LogP contribution in [0.15, 0.2) is 0 Å². The van der Waals surface area contributed by atoms with Crippen LogP contribution in [-0.2, 0) is 0 Å². The summed E-state index contributed by atoms with van der Waals surface area (Å²) in [5.41, 5.74) is -0.0446. The van der Waals surface area contributed by atoms with E-state index in [0.717, 1.165) is 6.54 Å². The topological polar surface area (TPSA) is 41.1 Å². The largest absolute Gasteiger partial charge is 0.336 e. The quantitative estimate of drug-likeness (QED) is 0.556. The van der Waals surface area contributed by atoms with Gasteiger partial charge in [-0.25, -0.2) is 4.79 Å². The highest BCUT2D eigenvalue weighted by molar-refractivity contribution is 5.77. The molecule has 1 atom stereocenters. The lowest BCUT2D eigenvalue weighted by molar-refractivity contribution is 0.240. The molecule has 1 unspecified atom stereocenters. The molecule has 58 valence electrons. The van der Waals surface area contributed by atoms with Crippen LogP contribution in [0.5, 0.6) is 0 Å². The van der Waals surface area contributed by atoms with Gasteiger partial charge in [-0.3, -0.25) is 0 Å². The molecule has 10 heavy (non-hydrogen) atoms. The second kappa shape index (κ2) is 2.15. The van der Waals surface area contributed by atoms with Gasteiger partial charge in [-0.15, -0.1) is 0 Å². The smallest absolute Gasteiger partial charge is 0.315 e. The van der Waals surface area contributed by atoms with Crippen LogP contribution >= 0.6 is 0 Å². The van der Waals surface area contributed by atoms with Crippen molar-refractivity contribution in [3.63, 3.8) is 0 Å². The van der Waals surface area contributed by atoms with Gasteiger partial charge in [0, 0.05) is 6.54 Å². The van der Waals surface area contributed by atoms with Crippen LogP contribution in [-0.4, -0.2) is 18.1 Å². The standard InChI is InChI=1S/C7H14N2O/c1-5(2)7(3)4-8-6(10)9-7/h5H,4H2,1-3H3,(H2,8,9,10). The number of rotatable bonds is 1. The van der Waals surface area contributed by atoms with Crippen molar-refractivity contribution in [1.29, 1.82) is 0 Å². The van der Waals surface area contributed by atoms with E-state index < -0.39 is 0 Å². The van der Waals surface area contributed by atoms with Crippen molar-refractivity contribution in [3.05, 3.63) is 0 Å². The highest BCUT2D eigenvalue weighted by Crippen LogP contribution is 2.17. The lowest BCUT2D eigenvalue weighted by atomic mass is 9.90. The summed E-state index contributed by atoms with van der Waals surface area (Å²) in [6, 6.07) is -0.0452. The SMILES string of the molecule is CC(C)C1(C)CNC(=O)N1. The van der Waals surface area contributed by atoms with Crippen molar-refractivity contribution in [1.82, 2.24) is 10.6 Å². The molecule has 0 aromatic rings. The fourth-order valence-electron chi connectivity index (χ4n) is 0.960. The molecule has 3 heteroatoms. The lowest BCUT2D eigenvalue weighted by Crippen LogP contribution is -2.44. The molecule has 0 saturated carbocycles. The van der Waals surface area contributed by atoms with Crippen LogP contribution in [0.4, 0.5) is 4.79 Å². The monoisotopic (exact) mass is 142 g/mol. The zero-order valence-electron chi connectivity index (χ0n) is 6.69. The highest BCUT2D eigenvalue weighted by atomic mass is 16.2. The van der Waals surface area contributed by atoms with Crippen LogP contribution < -0.4 is 10.6 Å². The fourth-order valence-corrected chi connectivity index (χ4v) is 0.960. The van der Waals surface area contributed by atoms with Crippen LogP contribution in [0.1, 0.15) is 20.8 Å². The van der Waals surface area contributed by atoms with Crippen LogP contribution in [0, 0.1) is 5.92 Å². The molecule has 1 saturated heterocycles. The Bertz CT molecular complexity index is 156. The van der Waals surface area contributed by atoms with Gasteiger partial charge in [0.05, 0.1) is 5.54 Å². The lowest BCUT2D eigenvalue weighted by Gasteiger charge is -2.26. The Kier molecular flexibility index (Phi) is 1.58. The van der Waals surface area contributed by atoms with Crippen LogP contribution in [0.25, 0.3) is 0 Å². The van der Waals surface area contributed by atoms with Gasteiger partial charge in [0.15, 0.2) is 0 Å². The molecule has 0 aliphatic carbocycles. The molecule has 0 bridgehead atoms. The molecule has 0 aromatic carbocycles. The summed E-state index contributed by atoms with van der Waals surface area (Å²) < 4.78 is 0. The third-order valence-corrected chi connectivity index (χ3v) is 2.29. The predicted molar refractivity (Wildman–Crippen MR) is 39.8 cm³/mol. The first-order valence-electron chi connectivity index (χ1n) is 3.60. The van der Waals surface area contributed by atoms with Crippen LogP contribution in [0.3, 0.4) is 0 Å². The minimum absolute atomic E-state index is 0.0446. The Balaban J connectivity index is 2.63. The molecule has 1 rings (SSSR count). The Morgan fingerprint density at radius 3 is 2.40 bits per heavy atom. The van der Waals surface area contributed by atoms with E-state index in [4.69, 9.17) is 0 Å². The summed E-state index contributed by atoms with van der Waals surface area (Å²) in [6.07, 6.45) is 0. The van der Waals surface area contributed by atoms with Gasteiger partial charge < -0.3 is 10.6 Å². The molecular weight excluding hydrogens is 128 g/mol. The molecule has 2 N–H and O–H groups in total. The molecule has 1 fully saturated rings. The van der Waals surface area contributed by atoms with E-state index >= 15 is 0 Å². The summed E-state index contributed by atoms with van der Waals surface area (Å²) in [6.45, 7) is 7.00. The van der Waals surface area contributed by atoms with E-state index in [9.17, 15) is 4.79 Å². The van der Waals surface area contributed by atoms with Crippen molar-refractivity contribution in [2.24, 2.45) is 5.92 Å².